The maximum absolute atomic E-state index is 12.4. The fraction of sp³-hybridized carbons (Fsp3) is 0.455. The van der Waals surface area contributed by atoms with Gasteiger partial charge >= 0.3 is 6.18 Å². The summed E-state index contributed by atoms with van der Waals surface area (Å²) in [5, 5.41) is 0.172. The molecule has 0 radical (unpaired) electrons. The highest BCUT2D eigenvalue weighted by atomic mass is 35.5. The van der Waals surface area contributed by atoms with E-state index in [1.165, 1.54) is 0 Å². The van der Waals surface area contributed by atoms with Crippen molar-refractivity contribution in [1.29, 1.82) is 0 Å². The second-order valence-corrected chi connectivity index (χ2v) is 3.53. The first kappa shape index (κ1) is 12.4. The summed E-state index contributed by atoms with van der Waals surface area (Å²) < 4.78 is 37.2. The van der Waals surface area contributed by atoms with Gasteiger partial charge in [0.1, 0.15) is 0 Å². The van der Waals surface area contributed by atoms with Crippen LogP contribution in [0, 0.1) is 0 Å². The van der Waals surface area contributed by atoms with Crippen molar-refractivity contribution in [3.8, 4) is 0 Å². The van der Waals surface area contributed by atoms with Crippen molar-refractivity contribution in [2.75, 3.05) is 0 Å². The van der Waals surface area contributed by atoms with Crippen molar-refractivity contribution >= 4 is 11.6 Å². The second kappa shape index (κ2) is 4.44. The van der Waals surface area contributed by atoms with Crippen LogP contribution in [0.5, 0.6) is 0 Å². The van der Waals surface area contributed by atoms with Crippen molar-refractivity contribution in [2.45, 2.75) is 32.9 Å². The normalized spacial score (nSPS) is 13.5. The first-order chi connectivity index (χ1) is 6.98. The quantitative estimate of drug-likeness (QED) is 0.623. The number of hydrogen-bond donors (Lipinski definition) is 0. The van der Waals surface area contributed by atoms with Crippen molar-refractivity contribution in [1.82, 2.24) is 0 Å². The van der Waals surface area contributed by atoms with Crippen LogP contribution in [0.15, 0.2) is 12.1 Å². The molecule has 0 aliphatic heterocycles. The Morgan fingerprint density at radius 1 is 1.13 bits per heavy atom. The SMILES string of the molecule is CC.FC(F)(F)c1cc(Cl)cc2c1CC2. The van der Waals surface area contributed by atoms with Gasteiger partial charge in [-0.2, -0.15) is 13.2 Å². The lowest BCUT2D eigenvalue weighted by atomic mass is 9.84. The molecule has 84 valence electrons. The molecule has 0 saturated carbocycles. The van der Waals surface area contributed by atoms with E-state index >= 15 is 0 Å². The van der Waals surface area contributed by atoms with Gasteiger partial charge in [0, 0.05) is 5.02 Å². The molecule has 15 heavy (non-hydrogen) atoms. The zero-order valence-electron chi connectivity index (χ0n) is 8.58. The maximum atomic E-state index is 12.4. The van der Waals surface area contributed by atoms with Crippen LogP contribution >= 0.6 is 11.6 Å². The van der Waals surface area contributed by atoms with Gasteiger partial charge in [0.15, 0.2) is 0 Å². The molecule has 0 spiro atoms. The molecule has 0 aromatic heterocycles. The monoisotopic (exact) mass is 236 g/mol. The minimum atomic E-state index is -4.27. The molecule has 0 nitrogen and oxygen atoms in total. The molecule has 0 amide bonds. The Bertz CT molecular complexity index is 356. The third-order valence-electron chi connectivity index (χ3n) is 2.26. The Morgan fingerprint density at radius 2 is 1.73 bits per heavy atom. The smallest absolute Gasteiger partial charge is 0.166 e. The number of aryl methyl sites for hydroxylation is 1. The molecule has 0 N–H and O–H groups in total. The van der Waals surface area contributed by atoms with E-state index in [4.69, 9.17) is 11.6 Å². The summed E-state index contributed by atoms with van der Waals surface area (Å²) in [5.41, 5.74) is 0.581. The summed E-state index contributed by atoms with van der Waals surface area (Å²) in [6, 6.07) is 2.61. The van der Waals surface area contributed by atoms with Gasteiger partial charge in [-0.1, -0.05) is 25.4 Å². The maximum Gasteiger partial charge on any atom is 0.416 e. The number of rotatable bonds is 0. The predicted octanol–water partition coefficient (Wildman–Crippen LogP) is 4.48. The Hall–Kier alpha value is -0.700. The first-order valence-corrected chi connectivity index (χ1v) is 5.25. The Morgan fingerprint density at radius 3 is 2.13 bits per heavy atom. The summed E-state index contributed by atoms with van der Waals surface area (Å²) >= 11 is 5.56. The standard InChI is InChI=1S/C9H6ClF3.C2H6/c10-6-3-5-1-2-7(5)8(4-6)9(11,12)13;1-2/h3-4H,1-2H2;1-2H3. The van der Waals surface area contributed by atoms with E-state index in [1.807, 2.05) is 13.8 Å². The van der Waals surface area contributed by atoms with Crippen molar-refractivity contribution in [2.24, 2.45) is 0 Å². The Labute approximate surface area is 92.1 Å². The number of fused-ring (bicyclic) bond motifs is 1. The molecular formula is C11H12ClF3. The van der Waals surface area contributed by atoms with Gasteiger partial charge in [0.05, 0.1) is 5.56 Å². The van der Waals surface area contributed by atoms with Gasteiger partial charge in [0.2, 0.25) is 0 Å². The molecule has 1 aliphatic carbocycles. The van der Waals surface area contributed by atoms with Gasteiger partial charge in [0.25, 0.3) is 0 Å². The second-order valence-electron chi connectivity index (χ2n) is 3.09. The van der Waals surface area contributed by atoms with Gasteiger partial charge in [-0.05, 0) is 36.1 Å². The average molecular weight is 237 g/mol. The van der Waals surface area contributed by atoms with Gasteiger partial charge in [-0.25, -0.2) is 0 Å². The van der Waals surface area contributed by atoms with E-state index in [0.717, 1.165) is 11.6 Å². The van der Waals surface area contributed by atoms with E-state index in [1.54, 1.807) is 6.07 Å². The lowest BCUT2D eigenvalue weighted by molar-refractivity contribution is -0.138. The molecular weight excluding hydrogens is 225 g/mol. The summed E-state index contributed by atoms with van der Waals surface area (Å²) in [7, 11) is 0. The van der Waals surface area contributed by atoms with Crippen molar-refractivity contribution < 1.29 is 13.2 Å². The lowest BCUT2D eigenvalue weighted by Gasteiger charge is -2.24. The van der Waals surface area contributed by atoms with E-state index in [0.29, 0.717) is 18.4 Å². The lowest BCUT2D eigenvalue weighted by Crippen LogP contribution is -2.18. The van der Waals surface area contributed by atoms with Crippen LogP contribution in [0.3, 0.4) is 0 Å². The fourth-order valence-corrected chi connectivity index (χ4v) is 1.79. The molecule has 1 aromatic rings. The molecule has 0 heterocycles. The molecule has 2 rings (SSSR count). The molecule has 1 aromatic carbocycles. The third-order valence-corrected chi connectivity index (χ3v) is 2.48. The fourth-order valence-electron chi connectivity index (χ4n) is 1.55. The predicted molar refractivity (Wildman–Crippen MR) is 55.2 cm³/mol. The van der Waals surface area contributed by atoms with Crippen LogP contribution in [-0.4, -0.2) is 0 Å². The van der Waals surface area contributed by atoms with Crippen LogP contribution in [0.2, 0.25) is 5.02 Å². The Balaban J connectivity index is 0.000000531. The van der Waals surface area contributed by atoms with Crippen molar-refractivity contribution in [3.05, 3.63) is 33.8 Å². The average Bonchev–Trinajstić information content (AvgIpc) is 2.12. The van der Waals surface area contributed by atoms with Gasteiger partial charge in [-0.3, -0.25) is 0 Å². The third kappa shape index (κ3) is 2.46. The highest BCUT2D eigenvalue weighted by Crippen LogP contribution is 2.39. The first-order valence-electron chi connectivity index (χ1n) is 4.87. The molecule has 0 atom stereocenters. The van der Waals surface area contributed by atoms with E-state index in [-0.39, 0.29) is 5.02 Å². The zero-order chi connectivity index (χ0) is 11.6. The largest absolute Gasteiger partial charge is 0.416 e. The van der Waals surface area contributed by atoms with Crippen LogP contribution < -0.4 is 0 Å². The number of hydrogen-bond acceptors (Lipinski definition) is 0. The van der Waals surface area contributed by atoms with Crippen LogP contribution in [0.25, 0.3) is 0 Å². The molecule has 0 bridgehead atoms. The van der Waals surface area contributed by atoms with Crippen LogP contribution in [0.1, 0.15) is 30.5 Å². The summed E-state index contributed by atoms with van der Waals surface area (Å²) in [6.45, 7) is 4.00. The van der Waals surface area contributed by atoms with Gasteiger partial charge < -0.3 is 0 Å². The molecule has 0 saturated heterocycles. The van der Waals surface area contributed by atoms with Crippen LogP contribution in [0.4, 0.5) is 13.2 Å². The molecule has 0 unspecified atom stereocenters. The van der Waals surface area contributed by atoms with E-state index < -0.39 is 11.7 Å². The van der Waals surface area contributed by atoms with E-state index in [9.17, 15) is 13.2 Å². The number of benzene rings is 1. The minimum absolute atomic E-state index is 0.172. The minimum Gasteiger partial charge on any atom is -0.166 e. The number of halogens is 4. The van der Waals surface area contributed by atoms with E-state index in [2.05, 4.69) is 0 Å². The highest BCUT2D eigenvalue weighted by Gasteiger charge is 2.36. The zero-order valence-corrected chi connectivity index (χ0v) is 9.34. The van der Waals surface area contributed by atoms with Crippen molar-refractivity contribution in [3.63, 3.8) is 0 Å². The topological polar surface area (TPSA) is 0 Å². The van der Waals surface area contributed by atoms with Crippen LogP contribution in [-0.2, 0) is 19.0 Å². The molecule has 1 aliphatic rings. The highest BCUT2D eigenvalue weighted by molar-refractivity contribution is 6.30. The van der Waals surface area contributed by atoms with Gasteiger partial charge in [-0.15, -0.1) is 0 Å². The Kier molecular flexibility index (Phi) is 3.66. The molecule has 4 heteroatoms. The number of alkyl halides is 3. The summed E-state index contributed by atoms with van der Waals surface area (Å²) in [6.07, 6.45) is -3.05. The summed E-state index contributed by atoms with van der Waals surface area (Å²) in [4.78, 5) is 0. The molecule has 0 fully saturated rings. The summed E-state index contributed by atoms with van der Waals surface area (Å²) in [5.74, 6) is 0.